The van der Waals surface area contributed by atoms with Gasteiger partial charge >= 0.3 is 11.9 Å². The normalized spacial score (nSPS) is 21.5. The van der Waals surface area contributed by atoms with Gasteiger partial charge in [0.05, 0.1) is 20.8 Å². The predicted octanol–water partition coefficient (Wildman–Crippen LogP) is 4.31. The van der Waals surface area contributed by atoms with E-state index >= 15 is 0 Å². The maximum atomic E-state index is 13.1. The number of benzene rings is 1. The van der Waals surface area contributed by atoms with Crippen LogP contribution in [0.3, 0.4) is 0 Å². The van der Waals surface area contributed by atoms with Gasteiger partial charge in [-0.3, -0.25) is 19.2 Å². The van der Waals surface area contributed by atoms with Crippen LogP contribution in [0, 0.1) is 24.7 Å². The molecule has 13 heteroatoms. The first-order chi connectivity index (χ1) is 24.5. The number of aromatic nitrogens is 1. The Kier molecular flexibility index (Phi) is 13.5. The summed E-state index contributed by atoms with van der Waals surface area (Å²) in [6, 6.07) is 9.04. The molecular weight excluding hydrogens is 656 g/mol. The molecule has 2 aliphatic carbocycles. The zero-order chi connectivity index (χ0) is 37.1. The Labute approximate surface area is 297 Å². The average Bonchev–Trinajstić information content (AvgIpc) is 3.47. The third kappa shape index (κ3) is 8.83. The molecule has 2 amide bonds. The largest absolute Gasteiger partial charge is 0.468 e. The van der Waals surface area contributed by atoms with Crippen molar-refractivity contribution in [3.63, 3.8) is 0 Å². The summed E-state index contributed by atoms with van der Waals surface area (Å²) >= 11 is 0. The first kappa shape index (κ1) is 38.8. The van der Waals surface area contributed by atoms with Crippen LogP contribution in [-0.2, 0) is 35.2 Å². The Hall–Kier alpha value is -5.04. The summed E-state index contributed by atoms with van der Waals surface area (Å²) in [7, 11) is 4.65. The molecule has 5 atom stereocenters. The van der Waals surface area contributed by atoms with Crippen molar-refractivity contribution in [2.24, 2.45) is 17.8 Å². The predicted molar refractivity (Wildman–Crippen MR) is 191 cm³/mol. The minimum atomic E-state index is -1.06. The van der Waals surface area contributed by atoms with Crippen molar-refractivity contribution >= 4 is 46.7 Å². The van der Waals surface area contributed by atoms with Gasteiger partial charge in [-0.2, -0.15) is 0 Å². The molecule has 2 aromatic heterocycles. The van der Waals surface area contributed by atoms with Crippen molar-refractivity contribution in [2.45, 2.75) is 76.9 Å². The number of likely N-dealkylation sites (N-methyl/N-ethyl adjacent to an activating group) is 1. The molecule has 5 rings (SSSR count). The fraction of sp³-hybridized carbons (Fsp3) is 0.474. The number of esters is 2. The lowest BCUT2D eigenvalue weighted by Crippen LogP contribution is -2.64. The second-order valence-corrected chi connectivity index (χ2v) is 13.1. The quantitative estimate of drug-likeness (QED) is 0.140. The topological polar surface area (TPSA) is 175 Å². The highest BCUT2D eigenvalue weighted by Gasteiger charge is 2.54. The summed E-state index contributed by atoms with van der Waals surface area (Å²) in [5, 5.41) is 9.25. The number of furan rings is 1. The van der Waals surface area contributed by atoms with E-state index < -0.39 is 34.9 Å². The second kappa shape index (κ2) is 17.8. The number of methoxy groups -OCH3 is 2. The Morgan fingerprint density at radius 2 is 1.84 bits per heavy atom. The zero-order valence-electron chi connectivity index (χ0n) is 29.9. The van der Waals surface area contributed by atoms with Gasteiger partial charge < -0.3 is 39.2 Å². The molecule has 0 spiro atoms. The van der Waals surface area contributed by atoms with Gasteiger partial charge in [0.25, 0.3) is 11.5 Å². The number of aryl methyl sites for hydroxylation is 1. The van der Waals surface area contributed by atoms with Gasteiger partial charge in [0.15, 0.2) is 5.76 Å². The van der Waals surface area contributed by atoms with Crippen molar-refractivity contribution in [1.82, 2.24) is 15.2 Å². The first-order valence-corrected chi connectivity index (χ1v) is 17.2. The third-order valence-corrected chi connectivity index (χ3v) is 10.1. The molecule has 2 saturated carbocycles. The highest BCUT2D eigenvalue weighted by atomic mass is 16.5. The van der Waals surface area contributed by atoms with Crippen LogP contribution in [0.2, 0.25) is 0 Å². The molecule has 2 heterocycles. The fourth-order valence-electron chi connectivity index (χ4n) is 7.57. The Morgan fingerprint density at radius 1 is 1.08 bits per heavy atom. The van der Waals surface area contributed by atoms with Crippen molar-refractivity contribution in [2.75, 3.05) is 26.6 Å². The number of carbonyl (C=O) groups is 5. The number of nitrogens with one attached hydrogen (secondary N) is 3. The van der Waals surface area contributed by atoms with E-state index in [1.165, 1.54) is 64.0 Å². The van der Waals surface area contributed by atoms with Crippen LogP contribution in [0.15, 0.2) is 64.0 Å². The highest BCUT2D eigenvalue weighted by molar-refractivity contribution is 6.03. The number of ether oxygens (including phenoxy) is 2. The highest BCUT2D eigenvalue weighted by Crippen LogP contribution is 2.48. The lowest BCUT2D eigenvalue weighted by molar-refractivity contribution is -0.158. The van der Waals surface area contributed by atoms with Crippen molar-refractivity contribution in [3.05, 3.63) is 76.4 Å². The first-order valence-electron chi connectivity index (χ1n) is 17.2. The van der Waals surface area contributed by atoms with Crippen LogP contribution in [0.25, 0.3) is 11.0 Å². The fourth-order valence-corrected chi connectivity index (χ4v) is 7.57. The number of rotatable bonds is 12. The van der Waals surface area contributed by atoms with Gasteiger partial charge in [-0.15, -0.1) is 0 Å². The number of anilines is 1. The molecule has 3 aromatic rings. The van der Waals surface area contributed by atoms with Gasteiger partial charge in [-0.1, -0.05) is 44.0 Å². The molecule has 2 fully saturated rings. The molecule has 0 aliphatic heterocycles. The van der Waals surface area contributed by atoms with Gasteiger partial charge in [0.2, 0.25) is 5.91 Å². The molecule has 0 saturated heterocycles. The molecule has 274 valence electrons. The Balaban J connectivity index is 0.000000302. The number of hydrogen-bond acceptors (Lipinski definition) is 10. The number of allylic oxidation sites excluding steroid dienone is 1. The van der Waals surface area contributed by atoms with Crippen LogP contribution in [-0.4, -0.2) is 67.5 Å². The average molecular weight is 705 g/mol. The lowest BCUT2D eigenvalue weighted by Gasteiger charge is -2.51. The minimum Gasteiger partial charge on any atom is -0.468 e. The summed E-state index contributed by atoms with van der Waals surface area (Å²) < 4.78 is 16.4. The summed E-state index contributed by atoms with van der Waals surface area (Å²) in [6.45, 7) is 3.78. The van der Waals surface area contributed by atoms with Crippen molar-refractivity contribution in [1.29, 1.82) is 0 Å². The number of nitrogens with zero attached hydrogens (tertiary/aromatic N) is 1. The molecular formula is C38H48N4O9. The molecule has 2 bridgehead atoms. The summed E-state index contributed by atoms with van der Waals surface area (Å²) in [4.78, 5) is 72.8. The van der Waals surface area contributed by atoms with E-state index in [0.29, 0.717) is 29.3 Å². The minimum absolute atomic E-state index is 0.0383. The lowest BCUT2D eigenvalue weighted by atomic mass is 9.58. The van der Waals surface area contributed by atoms with Gasteiger partial charge in [0, 0.05) is 23.2 Å². The van der Waals surface area contributed by atoms with E-state index in [9.17, 15) is 28.8 Å². The number of pyridine rings is 1. The number of hydrogen-bond donors (Lipinski definition) is 3. The number of para-hydroxylation sites is 1. The van der Waals surface area contributed by atoms with E-state index in [4.69, 9.17) is 9.15 Å². The van der Waals surface area contributed by atoms with Crippen molar-refractivity contribution < 1.29 is 37.9 Å². The molecule has 13 nitrogen and oxygen atoms in total. The smallest absolute Gasteiger partial charge is 0.330 e. The molecule has 51 heavy (non-hydrogen) atoms. The SMILES string of the molecule is CNC1(C(=O)OC)C(C)CC2CCCC1C2.COC(=O)/C=C/CC[C@H](NC(=O)c1oc2ccccc2c1C)C(=O)Nc1cccn(CC=O)c1=O. The standard InChI is InChI=1S/C25H25N3O7.C13H23NO2/c1-16-17-8-3-5-11-20(17)35-22(16)24(32)26-18(9-4-6-12-21(30)34-2)23(31)27-19-10-7-13-28(14-15-29)25(19)33;1-9-7-10-5-4-6-11(8-10)13(9,14-2)12(15)16-3/h3,5-8,10-13,15,18H,4,9,14H2,1-2H3,(H,26,32)(H,27,31);9-11,14H,4-8H2,1-3H3/b12-6+;/t18-;/m0./s1. The molecule has 3 N–H and O–H groups in total. The van der Waals surface area contributed by atoms with Crippen LogP contribution in [0.4, 0.5) is 5.69 Å². The van der Waals surface area contributed by atoms with E-state index in [0.717, 1.165) is 28.7 Å². The molecule has 2 aliphatic rings. The van der Waals surface area contributed by atoms with E-state index in [1.807, 2.05) is 19.2 Å². The summed E-state index contributed by atoms with van der Waals surface area (Å²) in [5.41, 5.74) is 0.145. The molecule has 0 radical (unpaired) electrons. The molecule has 4 unspecified atom stereocenters. The van der Waals surface area contributed by atoms with Crippen LogP contribution < -0.4 is 21.5 Å². The van der Waals surface area contributed by atoms with E-state index in [1.54, 1.807) is 19.1 Å². The van der Waals surface area contributed by atoms with Gasteiger partial charge in [-0.05, 0) is 82.0 Å². The van der Waals surface area contributed by atoms with Crippen LogP contribution in [0.1, 0.15) is 68.0 Å². The summed E-state index contributed by atoms with van der Waals surface area (Å²) in [5.74, 6) is -0.0916. The number of amides is 2. The third-order valence-electron chi connectivity index (χ3n) is 10.1. The number of fused-ring (bicyclic) bond motifs is 3. The maximum absolute atomic E-state index is 13.1. The Morgan fingerprint density at radius 3 is 2.53 bits per heavy atom. The number of aldehydes is 1. The summed E-state index contributed by atoms with van der Waals surface area (Å²) in [6.07, 6.45) is 11.2. The van der Waals surface area contributed by atoms with Gasteiger partial charge in [0.1, 0.15) is 29.1 Å². The monoisotopic (exact) mass is 704 g/mol. The molecule has 1 aromatic carbocycles. The van der Waals surface area contributed by atoms with E-state index in [2.05, 4.69) is 27.6 Å². The van der Waals surface area contributed by atoms with E-state index in [-0.39, 0.29) is 36.8 Å². The van der Waals surface area contributed by atoms with Crippen LogP contribution in [0.5, 0.6) is 0 Å². The van der Waals surface area contributed by atoms with Crippen LogP contribution >= 0.6 is 0 Å². The second-order valence-electron chi connectivity index (χ2n) is 13.1. The van der Waals surface area contributed by atoms with Gasteiger partial charge in [-0.25, -0.2) is 4.79 Å². The zero-order valence-corrected chi connectivity index (χ0v) is 29.9. The number of carbonyl (C=O) groups excluding carboxylic acids is 5. The Bertz CT molecular complexity index is 1810. The van der Waals surface area contributed by atoms with Crippen molar-refractivity contribution in [3.8, 4) is 0 Å². The maximum Gasteiger partial charge on any atom is 0.330 e.